The summed E-state index contributed by atoms with van der Waals surface area (Å²) in [4.78, 5) is 5.10. The second-order valence-electron chi connectivity index (χ2n) is 10.1. The fourth-order valence-electron chi connectivity index (χ4n) is 5.73. The van der Waals surface area contributed by atoms with Gasteiger partial charge in [-0.25, -0.2) is 4.98 Å². The first-order valence-corrected chi connectivity index (χ1v) is 12.5. The highest BCUT2D eigenvalue weighted by Gasteiger charge is 2.57. The van der Waals surface area contributed by atoms with E-state index in [9.17, 15) is 5.11 Å². The molecule has 5 aromatic rings. The Labute approximate surface area is 213 Å². The summed E-state index contributed by atoms with van der Waals surface area (Å²) >= 11 is 0. The predicted octanol–water partition coefficient (Wildman–Crippen LogP) is 4.36. The quantitative estimate of drug-likeness (QED) is 0.383. The van der Waals surface area contributed by atoms with Crippen LogP contribution in [0.3, 0.4) is 0 Å². The molecule has 1 unspecified atom stereocenters. The number of rotatable bonds is 4. The molecule has 37 heavy (non-hydrogen) atoms. The summed E-state index contributed by atoms with van der Waals surface area (Å²) in [6.45, 7) is 2.95. The van der Waals surface area contributed by atoms with Gasteiger partial charge in [-0.1, -0.05) is 54.6 Å². The van der Waals surface area contributed by atoms with E-state index >= 15 is 0 Å². The number of ether oxygens (including phenoxy) is 2. The van der Waals surface area contributed by atoms with E-state index in [1.54, 1.807) is 6.92 Å². The van der Waals surface area contributed by atoms with Crippen molar-refractivity contribution in [3.05, 3.63) is 84.3 Å². The van der Waals surface area contributed by atoms with Crippen molar-refractivity contribution in [2.45, 2.75) is 37.2 Å². The standard InChI is InChI=1S/C29H27N5O3/c1-18(35)26-32-33-27-23-15-22(19-5-3-2-4-6-19)25(31-24(23)11-12-34(26)27)20-7-9-21(10-8-20)28(30)16-29(17-28)36-13-14-37-29/h2-12,15,18,35H,13-14,16-17,30H2,1H3. The molecule has 0 bridgehead atoms. The number of pyridine rings is 2. The summed E-state index contributed by atoms with van der Waals surface area (Å²) in [5.41, 5.74) is 12.7. The van der Waals surface area contributed by atoms with E-state index in [2.05, 4.69) is 52.7 Å². The van der Waals surface area contributed by atoms with Crippen LogP contribution in [0.1, 0.15) is 37.3 Å². The average molecular weight is 494 g/mol. The summed E-state index contributed by atoms with van der Waals surface area (Å²) in [6, 6.07) is 22.6. The normalized spacial score (nSPS) is 18.9. The van der Waals surface area contributed by atoms with E-state index in [0.717, 1.165) is 38.9 Å². The van der Waals surface area contributed by atoms with Crippen molar-refractivity contribution in [2.75, 3.05) is 13.2 Å². The third kappa shape index (κ3) is 3.56. The minimum Gasteiger partial charge on any atom is -0.385 e. The van der Waals surface area contributed by atoms with E-state index in [1.165, 1.54) is 0 Å². The molecule has 2 aromatic carbocycles. The van der Waals surface area contributed by atoms with Crippen molar-refractivity contribution in [1.82, 2.24) is 19.6 Å². The van der Waals surface area contributed by atoms with Gasteiger partial charge in [-0.05, 0) is 30.2 Å². The number of fused-ring (bicyclic) bond motifs is 3. The molecule has 8 nitrogen and oxygen atoms in total. The van der Waals surface area contributed by atoms with Crippen molar-refractivity contribution in [2.24, 2.45) is 5.73 Å². The summed E-state index contributed by atoms with van der Waals surface area (Å²) < 4.78 is 13.4. The lowest BCUT2D eigenvalue weighted by atomic mass is 9.68. The summed E-state index contributed by atoms with van der Waals surface area (Å²) in [7, 11) is 0. The molecule has 1 saturated carbocycles. The highest BCUT2D eigenvalue weighted by Crippen LogP contribution is 2.51. The molecule has 8 heteroatoms. The van der Waals surface area contributed by atoms with Crippen LogP contribution in [0.5, 0.6) is 0 Å². The van der Waals surface area contributed by atoms with Gasteiger partial charge in [0, 0.05) is 35.6 Å². The Bertz CT molecular complexity index is 1620. The molecule has 1 atom stereocenters. The van der Waals surface area contributed by atoms with E-state index in [4.69, 9.17) is 20.2 Å². The zero-order chi connectivity index (χ0) is 25.2. The molecule has 3 aromatic heterocycles. The number of hydrogen-bond acceptors (Lipinski definition) is 7. The monoisotopic (exact) mass is 493 g/mol. The minimum atomic E-state index is -0.727. The smallest absolute Gasteiger partial charge is 0.172 e. The summed E-state index contributed by atoms with van der Waals surface area (Å²) in [5, 5.41) is 19.6. The van der Waals surface area contributed by atoms with Crippen LogP contribution in [0, 0.1) is 0 Å². The van der Waals surface area contributed by atoms with Gasteiger partial charge in [-0.2, -0.15) is 0 Å². The SMILES string of the molecule is CC(O)c1nnc2c3cc(-c4ccccc4)c(-c4ccc(C5(N)CC6(C5)OCCO6)cc4)nc3ccn12. The summed E-state index contributed by atoms with van der Waals surface area (Å²) in [5.74, 6) is -0.00569. The van der Waals surface area contributed by atoms with Crippen LogP contribution in [0.4, 0.5) is 0 Å². The van der Waals surface area contributed by atoms with Gasteiger partial charge in [0.25, 0.3) is 0 Å². The lowest BCUT2D eigenvalue weighted by molar-refractivity contribution is -0.239. The number of nitrogens with zero attached hydrogens (tertiary/aromatic N) is 4. The van der Waals surface area contributed by atoms with Crippen molar-refractivity contribution in [1.29, 1.82) is 0 Å². The number of aromatic nitrogens is 4. The lowest BCUT2D eigenvalue weighted by Gasteiger charge is -2.50. The van der Waals surface area contributed by atoms with Gasteiger partial charge in [0.15, 0.2) is 17.3 Å². The fourth-order valence-corrected chi connectivity index (χ4v) is 5.73. The van der Waals surface area contributed by atoms with Crippen molar-refractivity contribution < 1.29 is 14.6 Å². The number of aliphatic hydroxyl groups excluding tert-OH is 1. The van der Waals surface area contributed by atoms with Crippen LogP contribution in [0.2, 0.25) is 0 Å². The predicted molar refractivity (Wildman–Crippen MR) is 140 cm³/mol. The molecule has 1 spiro atoms. The Morgan fingerprint density at radius 1 is 0.946 bits per heavy atom. The molecule has 0 radical (unpaired) electrons. The van der Waals surface area contributed by atoms with Crippen molar-refractivity contribution >= 4 is 16.6 Å². The fraction of sp³-hybridized carbons (Fsp3) is 0.276. The maximum Gasteiger partial charge on any atom is 0.172 e. The van der Waals surface area contributed by atoms with E-state index in [0.29, 0.717) is 37.5 Å². The molecule has 2 fully saturated rings. The third-order valence-corrected chi connectivity index (χ3v) is 7.57. The molecule has 2 aliphatic rings. The minimum absolute atomic E-state index is 0.456. The lowest BCUT2D eigenvalue weighted by Crippen LogP contribution is -2.60. The van der Waals surface area contributed by atoms with Crippen LogP contribution < -0.4 is 5.73 Å². The van der Waals surface area contributed by atoms with Gasteiger partial charge in [-0.15, -0.1) is 10.2 Å². The first kappa shape index (κ1) is 22.5. The molecular weight excluding hydrogens is 466 g/mol. The molecule has 1 aliphatic carbocycles. The van der Waals surface area contributed by atoms with Gasteiger partial charge in [0.1, 0.15) is 6.10 Å². The maximum absolute atomic E-state index is 10.1. The van der Waals surface area contributed by atoms with Crippen molar-refractivity contribution in [3.8, 4) is 22.4 Å². The zero-order valence-electron chi connectivity index (χ0n) is 20.5. The zero-order valence-corrected chi connectivity index (χ0v) is 20.5. The van der Waals surface area contributed by atoms with Crippen LogP contribution >= 0.6 is 0 Å². The Kier molecular flexibility index (Phi) is 4.96. The summed E-state index contributed by atoms with van der Waals surface area (Å²) in [6.07, 6.45) is 2.45. The second-order valence-corrected chi connectivity index (χ2v) is 10.1. The maximum atomic E-state index is 10.1. The number of aliphatic hydroxyl groups is 1. The Balaban J connectivity index is 1.33. The average Bonchev–Trinajstić information content (AvgIpc) is 3.56. The molecule has 1 aliphatic heterocycles. The highest BCUT2D eigenvalue weighted by molar-refractivity contribution is 5.98. The van der Waals surface area contributed by atoms with Crippen LogP contribution in [-0.4, -0.2) is 43.7 Å². The van der Waals surface area contributed by atoms with E-state index in [1.807, 2.05) is 34.9 Å². The first-order chi connectivity index (χ1) is 17.9. The molecule has 3 N–H and O–H groups in total. The van der Waals surface area contributed by atoms with Gasteiger partial charge < -0.3 is 20.3 Å². The number of hydrogen-bond donors (Lipinski definition) is 2. The van der Waals surface area contributed by atoms with Gasteiger partial charge in [0.2, 0.25) is 0 Å². The topological polar surface area (TPSA) is 108 Å². The van der Waals surface area contributed by atoms with Crippen molar-refractivity contribution in [3.63, 3.8) is 0 Å². The van der Waals surface area contributed by atoms with Gasteiger partial charge in [-0.3, -0.25) is 4.40 Å². The van der Waals surface area contributed by atoms with Gasteiger partial charge >= 0.3 is 0 Å². The number of benzene rings is 2. The van der Waals surface area contributed by atoms with Crippen LogP contribution in [0.25, 0.3) is 38.9 Å². The molecule has 7 rings (SSSR count). The number of nitrogens with two attached hydrogens (primary N) is 1. The van der Waals surface area contributed by atoms with Crippen LogP contribution in [0.15, 0.2) is 72.9 Å². The van der Waals surface area contributed by atoms with Gasteiger partial charge in [0.05, 0.1) is 30.0 Å². The highest BCUT2D eigenvalue weighted by atomic mass is 16.7. The largest absolute Gasteiger partial charge is 0.385 e. The molecule has 0 amide bonds. The Hall–Kier alpha value is -3.69. The van der Waals surface area contributed by atoms with E-state index < -0.39 is 17.4 Å². The second kappa shape index (κ2) is 8.16. The Morgan fingerprint density at radius 3 is 2.38 bits per heavy atom. The molecule has 1 saturated heterocycles. The molecule has 186 valence electrons. The van der Waals surface area contributed by atoms with Crippen LogP contribution in [-0.2, 0) is 15.0 Å². The third-order valence-electron chi connectivity index (χ3n) is 7.57. The van der Waals surface area contributed by atoms with E-state index in [-0.39, 0.29) is 0 Å². The Morgan fingerprint density at radius 2 is 1.68 bits per heavy atom. The molecular formula is C29H27N5O3. The first-order valence-electron chi connectivity index (χ1n) is 12.5. The molecule has 4 heterocycles.